The molecule has 0 unspecified atom stereocenters. The fourth-order valence-corrected chi connectivity index (χ4v) is 3.53. The largest absolute Gasteiger partial charge is 0.352 e. The zero-order valence-electron chi connectivity index (χ0n) is 17.2. The molecule has 1 aromatic heterocycles. The van der Waals surface area contributed by atoms with Gasteiger partial charge in [-0.3, -0.25) is 4.79 Å². The molecule has 0 saturated heterocycles. The summed E-state index contributed by atoms with van der Waals surface area (Å²) < 4.78 is 15.2. The van der Waals surface area contributed by atoms with Crippen LogP contribution in [0.1, 0.15) is 28.2 Å². The Bertz CT molecular complexity index is 1180. The van der Waals surface area contributed by atoms with Crippen molar-refractivity contribution in [3.05, 3.63) is 108 Å². The quantitative estimate of drug-likeness (QED) is 0.401. The summed E-state index contributed by atoms with van der Waals surface area (Å²) in [5, 5.41) is 2.89. The number of rotatable bonds is 8. The number of para-hydroxylation sites is 2. The van der Waals surface area contributed by atoms with Crippen molar-refractivity contribution in [1.29, 1.82) is 0 Å². The maximum atomic E-state index is 13.0. The smallest absolute Gasteiger partial charge is 0.251 e. The Balaban J connectivity index is 1.40. The van der Waals surface area contributed by atoms with Crippen LogP contribution in [0.3, 0.4) is 0 Å². The summed E-state index contributed by atoms with van der Waals surface area (Å²) in [5.41, 5.74) is 3.70. The molecule has 5 heteroatoms. The number of halogens is 1. The zero-order chi connectivity index (χ0) is 21.5. The Morgan fingerprint density at radius 1 is 0.968 bits per heavy atom. The molecule has 0 aliphatic rings. The molecule has 0 radical (unpaired) electrons. The van der Waals surface area contributed by atoms with Gasteiger partial charge in [-0.25, -0.2) is 9.37 Å². The lowest BCUT2D eigenvalue weighted by Gasteiger charge is -2.08. The van der Waals surface area contributed by atoms with Crippen LogP contribution in [0.25, 0.3) is 17.1 Å². The number of hydrogen-bond donors (Lipinski definition) is 1. The van der Waals surface area contributed by atoms with E-state index < -0.39 is 0 Å². The Labute approximate surface area is 181 Å². The molecule has 0 fully saturated rings. The molecule has 0 aliphatic carbocycles. The number of fused-ring (bicyclic) bond motifs is 1. The average molecular weight is 413 g/mol. The molecule has 31 heavy (non-hydrogen) atoms. The van der Waals surface area contributed by atoms with Crippen LogP contribution < -0.4 is 5.32 Å². The lowest BCUT2D eigenvalue weighted by molar-refractivity contribution is 0.0953. The minimum absolute atomic E-state index is 0.195. The predicted octanol–water partition coefficient (Wildman–Crippen LogP) is 5.25. The summed E-state index contributed by atoms with van der Waals surface area (Å²) in [6, 6.07) is 23.9. The summed E-state index contributed by atoms with van der Waals surface area (Å²) in [6.45, 7) is 1.26. The summed E-state index contributed by atoms with van der Waals surface area (Å²) in [6.07, 6.45) is 5.76. The van der Waals surface area contributed by atoms with Crippen molar-refractivity contribution in [1.82, 2.24) is 14.9 Å². The van der Waals surface area contributed by atoms with E-state index in [2.05, 4.69) is 40.2 Å². The highest BCUT2D eigenvalue weighted by molar-refractivity contribution is 5.94. The first kappa shape index (κ1) is 20.5. The van der Waals surface area contributed by atoms with Crippen molar-refractivity contribution in [2.75, 3.05) is 6.54 Å². The van der Waals surface area contributed by atoms with Gasteiger partial charge >= 0.3 is 0 Å². The molecule has 3 aromatic carbocycles. The fraction of sp³-hybridized carbons (Fsp3) is 0.154. The van der Waals surface area contributed by atoms with Crippen molar-refractivity contribution in [3.63, 3.8) is 0 Å². The number of aryl methyl sites for hydroxylation is 1. The van der Waals surface area contributed by atoms with Crippen LogP contribution in [0.5, 0.6) is 0 Å². The van der Waals surface area contributed by atoms with Crippen molar-refractivity contribution in [2.45, 2.75) is 19.4 Å². The third kappa shape index (κ3) is 5.25. The summed E-state index contributed by atoms with van der Waals surface area (Å²) in [7, 11) is 0. The third-order valence-electron chi connectivity index (χ3n) is 5.10. The highest BCUT2D eigenvalue weighted by atomic mass is 19.1. The van der Waals surface area contributed by atoms with Gasteiger partial charge in [0.1, 0.15) is 11.6 Å². The Morgan fingerprint density at radius 3 is 2.52 bits per heavy atom. The lowest BCUT2D eigenvalue weighted by Crippen LogP contribution is -2.25. The number of nitrogens with zero attached hydrogens (tertiary/aromatic N) is 2. The fourth-order valence-electron chi connectivity index (χ4n) is 3.53. The maximum Gasteiger partial charge on any atom is 0.251 e. The molecule has 0 bridgehead atoms. The lowest BCUT2D eigenvalue weighted by atomic mass is 10.2. The number of imidazole rings is 1. The summed E-state index contributed by atoms with van der Waals surface area (Å²) in [5.74, 6) is 0.450. The van der Waals surface area contributed by atoms with E-state index in [1.165, 1.54) is 24.3 Å². The SMILES string of the molecule is O=C(NCCCc1nc2ccccc2n1C/C=C/c1ccccc1)c1ccc(F)cc1. The van der Waals surface area contributed by atoms with E-state index in [0.29, 0.717) is 12.1 Å². The predicted molar refractivity (Wildman–Crippen MR) is 122 cm³/mol. The van der Waals surface area contributed by atoms with Gasteiger partial charge in [-0.2, -0.15) is 0 Å². The van der Waals surface area contributed by atoms with E-state index in [0.717, 1.165) is 41.8 Å². The van der Waals surface area contributed by atoms with E-state index >= 15 is 0 Å². The van der Waals surface area contributed by atoms with Gasteiger partial charge in [-0.1, -0.05) is 54.6 Å². The highest BCUT2D eigenvalue weighted by Crippen LogP contribution is 2.17. The molecule has 4 aromatic rings. The van der Waals surface area contributed by atoms with E-state index in [4.69, 9.17) is 4.98 Å². The van der Waals surface area contributed by atoms with Gasteiger partial charge in [0.05, 0.1) is 11.0 Å². The molecule has 1 amide bonds. The molecule has 156 valence electrons. The molecule has 4 nitrogen and oxygen atoms in total. The molecule has 0 atom stereocenters. The molecular formula is C26H24FN3O. The average Bonchev–Trinajstić information content (AvgIpc) is 3.15. The Morgan fingerprint density at radius 2 is 1.71 bits per heavy atom. The van der Waals surface area contributed by atoms with Crippen LogP contribution in [0.15, 0.2) is 84.9 Å². The van der Waals surface area contributed by atoms with Gasteiger partial charge in [0, 0.05) is 25.1 Å². The molecule has 0 saturated carbocycles. The number of aromatic nitrogens is 2. The first-order valence-corrected chi connectivity index (χ1v) is 10.4. The number of amides is 1. The van der Waals surface area contributed by atoms with Crippen molar-refractivity contribution in [3.8, 4) is 0 Å². The zero-order valence-corrected chi connectivity index (χ0v) is 17.2. The Hall–Kier alpha value is -3.73. The third-order valence-corrected chi connectivity index (χ3v) is 5.10. The number of nitrogens with one attached hydrogen (secondary N) is 1. The van der Waals surface area contributed by atoms with E-state index in [1.807, 2.05) is 36.4 Å². The molecule has 0 spiro atoms. The second kappa shape index (κ2) is 9.85. The number of allylic oxidation sites excluding steroid dienone is 1. The molecule has 1 N–H and O–H groups in total. The summed E-state index contributed by atoms with van der Waals surface area (Å²) in [4.78, 5) is 17.0. The van der Waals surface area contributed by atoms with Crippen molar-refractivity contribution >= 4 is 23.0 Å². The van der Waals surface area contributed by atoms with Gasteiger partial charge in [0.15, 0.2) is 0 Å². The van der Waals surface area contributed by atoms with Crippen LogP contribution in [0, 0.1) is 5.82 Å². The topological polar surface area (TPSA) is 46.9 Å². The second-order valence-electron chi connectivity index (χ2n) is 7.31. The van der Waals surface area contributed by atoms with Crippen LogP contribution in [0.2, 0.25) is 0 Å². The van der Waals surface area contributed by atoms with Crippen LogP contribution in [-0.4, -0.2) is 22.0 Å². The second-order valence-corrected chi connectivity index (χ2v) is 7.31. The summed E-state index contributed by atoms with van der Waals surface area (Å²) >= 11 is 0. The van der Waals surface area contributed by atoms with E-state index in [9.17, 15) is 9.18 Å². The van der Waals surface area contributed by atoms with Gasteiger partial charge in [0.2, 0.25) is 0 Å². The minimum atomic E-state index is -0.350. The molecule has 4 rings (SSSR count). The van der Waals surface area contributed by atoms with Crippen LogP contribution in [-0.2, 0) is 13.0 Å². The van der Waals surface area contributed by atoms with Crippen molar-refractivity contribution < 1.29 is 9.18 Å². The number of carbonyl (C=O) groups excluding carboxylic acids is 1. The van der Waals surface area contributed by atoms with Gasteiger partial charge in [-0.15, -0.1) is 0 Å². The number of benzene rings is 3. The Kier molecular flexibility index (Phi) is 6.53. The van der Waals surface area contributed by atoms with Gasteiger partial charge < -0.3 is 9.88 Å². The molecule has 1 heterocycles. The van der Waals surface area contributed by atoms with Gasteiger partial charge in [-0.05, 0) is 48.4 Å². The van der Waals surface area contributed by atoms with Gasteiger partial charge in [0.25, 0.3) is 5.91 Å². The number of carbonyl (C=O) groups is 1. The van der Waals surface area contributed by atoms with E-state index in [-0.39, 0.29) is 11.7 Å². The van der Waals surface area contributed by atoms with Crippen molar-refractivity contribution in [2.24, 2.45) is 0 Å². The standard InChI is InChI=1S/C26H24FN3O/c27-22-16-14-21(15-17-22)26(31)28-18-6-13-25-29-23-11-4-5-12-24(23)30(25)19-7-10-20-8-2-1-3-9-20/h1-5,7-12,14-17H,6,13,18-19H2,(H,28,31)/b10-7+. The van der Waals surface area contributed by atoms with E-state index in [1.54, 1.807) is 0 Å². The maximum absolute atomic E-state index is 13.0. The molecular weight excluding hydrogens is 389 g/mol. The first-order chi connectivity index (χ1) is 15.2. The number of hydrogen-bond acceptors (Lipinski definition) is 2. The minimum Gasteiger partial charge on any atom is -0.352 e. The van der Waals surface area contributed by atoms with Crippen LogP contribution >= 0.6 is 0 Å². The monoisotopic (exact) mass is 413 g/mol. The molecule has 0 aliphatic heterocycles. The van der Waals surface area contributed by atoms with Crippen LogP contribution in [0.4, 0.5) is 4.39 Å². The first-order valence-electron chi connectivity index (χ1n) is 10.4. The highest BCUT2D eigenvalue weighted by Gasteiger charge is 2.10. The normalized spacial score (nSPS) is 11.3.